The largest absolute Gasteiger partial charge is 0.417 e. The molecule has 0 N–H and O–H groups in total. The van der Waals surface area contributed by atoms with Crippen molar-refractivity contribution in [2.75, 3.05) is 25.0 Å². The molecule has 1 fully saturated rings. The van der Waals surface area contributed by atoms with Gasteiger partial charge in [-0.3, -0.25) is 4.79 Å². The zero-order chi connectivity index (χ0) is 20.5. The minimum atomic E-state index is -4.47. The molecule has 4 nitrogen and oxygen atoms in total. The molecular weight excluding hydrogens is 479 g/mol. The zero-order valence-electron chi connectivity index (χ0n) is 15.0. The van der Waals surface area contributed by atoms with Crippen LogP contribution in [0, 0.1) is 5.92 Å². The summed E-state index contributed by atoms with van der Waals surface area (Å²) in [6, 6.07) is 2.89. The molecule has 0 bridgehead atoms. The van der Waals surface area contributed by atoms with Gasteiger partial charge in [-0.05, 0) is 40.9 Å². The summed E-state index contributed by atoms with van der Waals surface area (Å²) in [6.45, 7) is 1.60. The van der Waals surface area contributed by atoms with Gasteiger partial charge in [0.1, 0.15) is 5.82 Å². The Kier molecular flexibility index (Phi) is 6.56. The van der Waals surface area contributed by atoms with Crippen LogP contribution in [0.3, 0.4) is 0 Å². The van der Waals surface area contributed by atoms with E-state index < -0.39 is 11.7 Å². The van der Waals surface area contributed by atoms with E-state index in [1.54, 1.807) is 23.3 Å². The Morgan fingerprint density at radius 2 is 2.07 bits per heavy atom. The molecule has 0 atom stereocenters. The zero-order valence-corrected chi connectivity index (χ0v) is 18.1. The van der Waals surface area contributed by atoms with Crippen LogP contribution in [0.1, 0.15) is 23.3 Å². The second-order valence-corrected chi connectivity index (χ2v) is 9.03. The Morgan fingerprint density at radius 1 is 1.39 bits per heavy atom. The number of rotatable bonds is 4. The quantitative estimate of drug-likeness (QED) is 0.565. The van der Waals surface area contributed by atoms with Gasteiger partial charge in [0.15, 0.2) is 0 Å². The monoisotopic (exact) mass is 495 g/mol. The van der Waals surface area contributed by atoms with Crippen LogP contribution >= 0.6 is 38.9 Å². The summed E-state index contributed by atoms with van der Waals surface area (Å²) in [5.74, 6) is 0.297. The number of piperidine rings is 1. The number of aromatic nitrogens is 1. The maximum Gasteiger partial charge on any atom is 0.417 e. The van der Waals surface area contributed by atoms with E-state index >= 15 is 0 Å². The van der Waals surface area contributed by atoms with Crippen LogP contribution in [-0.4, -0.2) is 35.9 Å². The fourth-order valence-corrected chi connectivity index (χ4v) is 5.01. The van der Waals surface area contributed by atoms with Crippen molar-refractivity contribution in [1.82, 2.24) is 9.88 Å². The van der Waals surface area contributed by atoms with Gasteiger partial charge in [-0.25, -0.2) is 4.98 Å². The standard InChI is InChI=1S/C18H18BrClF3N3OS/c1-25(9-14-7-13(19)10-28-14)17(27)11-2-4-26(5-3-11)16-15(20)6-12(8-24-16)18(21,22)23/h6-8,10-11H,2-5,9H2,1H3. The summed E-state index contributed by atoms with van der Waals surface area (Å²) in [5.41, 5.74) is -0.867. The fraction of sp³-hybridized carbons (Fsp3) is 0.444. The molecule has 152 valence electrons. The van der Waals surface area contributed by atoms with E-state index in [1.165, 1.54) is 0 Å². The first-order valence-corrected chi connectivity index (χ1v) is 10.7. The number of thiophene rings is 1. The van der Waals surface area contributed by atoms with Crippen LogP contribution in [0.5, 0.6) is 0 Å². The lowest BCUT2D eigenvalue weighted by Crippen LogP contribution is -2.41. The molecule has 0 spiro atoms. The van der Waals surface area contributed by atoms with Crippen molar-refractivity contribution < 1.29 is 18.0 Å². The molecule has 2 aromatic rings. The van der Waals surface area contributed by atoms with E-state index in [1.807, 2.05) is 16.3 Å². The molecule has 1 amide bonds. The number of halogens is 5. The molecule has 2 aromatic heterocycles. The molecule has 0 aromatic carbocycles. The first-order valence-electron chi connectivity index (χ1n) is 8.60. The third-order valence-corrected chi connectivity index (χ3v) is 6.64. The van der Waals surface area contributed by atoms with Gasteiger partial charge in [0.05, 0.1) is 17.1 Å². The number of amides is 1. The van der Waals surface area contributed by atoms with E-state index in [0.717, 1.165) is 21.6 Å². The van der Waals surface area contributed by atoms with Gasteiger partial charge >= 0.3 is 6.18 Å². The van der Waals surface area contributed by atoms with Crippen molar-refractivity contribution in [3.05, 3.63) is 43.6 Å². The predicted molar refractivity (Wildman–Crippen MR) is 108 cm³/mol. The summed E-state index contributed by atoms with van der Waals surface area (Å²) in [4.78, 5) is 21.3. The number of pyridine rings is 1. The van der Waals surface area contributed by atoms with Gasteiger partial charge in [-0.1, -0.05) is 11.6 Å². The second-order valence-electron chi connectivity index (χ2n) is 6.71. The van der Waals surface area contributed by atoms with Crippen molar-refractivity contribution in [1.29, 1.82) is 0 Å². The lowest BCUT2D eigenvalue weighted by molar-refractivity contribution is -0.138. The van der Waals surface area contributed by atoms with Crippen LogP contribution in [0.2, 0.25) is 5.02 Å². The molecule has 10 heteroatoms. The average molecular weight is 497 g/mol. The average Bonchev–Trinajstić information content (AvgIpc) is 3.05. The summed E-state index contributed by atoms with van der Waals surface area (Å²) >= 11 is 11.0. The summed E-state index contributed by atoms with van der Waals surface area (Å²) in [7, 11) is 1.79. The van der Waals surface area contributed by atoms with E-state index in [0.29, 0.717) is 38.3 Å². The molecule has 1 aliphatic rings. The van der Waals surface area contributed by atoms with Crippen LogP contribution in [0.25, 0.3) is 0 Å². The van der Waals surface area contributed by atoms with Gasteiger partial charge in [-0.15, -0.1) is 11.3 Å². The minimum absolute atomic E-state index is 0.0278. The molecule has 0 aliphatic carbocycles. The maximum absolute atomic E-state index is 12.8. The number of carbonyl (C=O) groups is 1. The van der Waals surface area contributed by atoms with E-state index in [4.69, 9.17) is 11.6 Å². The van der Waals surface area contributed by atoms with E-state index in [-0.39, 0.29) is 16.8 Å². The number of hydrogen-bond donors (Lipinski definition) is 0. The maximum atomic E-state index is 12.8. The molecule has 0 unspecified atom stereocenters. The number of nitrogens with zero attached hydrogens (tertiary/aromatic N) is 3. The topological polar surface area (TPSA) is 36.4 Å². The Hall–Kier alpha value is -1.32. The minimum Gasteiger partial charge on any atom is -0.355 e. The molecule has 3 heterocycles. The first kappa shape index (κ1) is 21.4. The molecule has 28 heavy (non-hydrogen) atoms. The van der Waals surface area contributed by atoms with Crippen molar-refractivity contribution in [2.24, 2.45) is 5.92 Å². The number of carbonyl (C=O) groups excluding carboxylic acids is 1. The lowest BCUT2D eigenvalue weighted by atomic mass is 9.95. The summed E-state index contributed by atoms with van der Waals surface area (Å²) in [5, 5.41) is 1.95. The predicted octanol–water partition coefficient (Wildman–Crippen LogP) is 5.45. The number of alkyl halides is 3. The smallest absolute Gasteiger partial charge is 0.355 e. The molecular formula is C18H18BrClF3N3OS. The fourth-order valence-electron chi connectivity index (χ4n) is 3.22. The van der Waals surface area contributed by atoms with Gasteiger partial charge < -0.3 is 9.80 Å². The Balaban J connectivity index is 1.59. The Morgan fingerprint density at radius 3 is 2.61 bits per heavy atom. The van der Waals surface area contributed by atoms with Crippen molar-refractivity contribution in [3.63, 3.8) is 0 Å². The lowest BCUT2D eigenvalue weighted by Gasteiger charge is -2.34. The van der Waals surface area contributed by atoms with E-state index in [2.05, 4.69) is 20.9 Å². The van der Waals surface area contributed by atoms with Crippen molar-refractivity contribution in [3.8, 4) is 0 Å². The summed E-state index contributed by atoms with van der Waals surface area (Å²) in [6.07, 6.45) is -2.46. The highest BCUT2D eigenvalue weighted by Crippen LogP contribution is 2.35. The van der Waals surface area contributed by atoms with E-state index in [9.17, 15) is 18.0 Å². The number of hydrogen-bond acceptors (Lipinski definition) is 4. The Bertz CT molecular complexity index is 853. The van der Waals surface area contributed by atoms with Gasteiger partial charge in [0.2, 0.25) is 5.91 Å². The van der Waals surface area contributed by atoms with Gasteiger partial charge in [0, 0.05) is 47.0 Å². The molecule has 3 rings (SSSR count). The highest BCUT2D eigenvalue weighted by Gasteiger charge is 2.33. The summed E-state index contributed by atoms with van der Waals surface area (Å²) < 4.78 is 39.3. The first-order chi connectivity index (χ1) is 13.1. The molecule has 0 saturated carbocycles. The number of anilines is 1. The van der Waals surface area contributed by atoms with Crippen molar-refractivity contribution in [2.45, 2.75) is 25.6 Å². The molecule has 1 saturated heterocycles. The van der Waals surface area contributed by atoms with Gasteiger partial charge in [0.25, 0.3) is 0 Å². The highest BCUT2D eigenvalue weighted by atomic mass is 79.9. The van der Waals surface area contributed by atoms with Crippen LogP contribution in [0.15, 0.2) is 28.2 Å². The Labute approximate surface area is 178 Å². The normalized spacial score (nSPS) is 15.7. The van der Waals surface area contributed by atoms with Gasteiger partial charge in [-0.2, -0.15) is 13.2 Å². The third kappa shape index (κ3) is 4.99. The van der Waals surface area contributed by atoms with Crippen LogP contribution < -0.4 is 4.90 Å². The molecule has 0 radical (unpaired) electrons. The third-order valence-electron chi connectivity index (χ3n) is 4.68. The highest BCUT2D eigenvalue weighted by molar-refractivity contribution is 9.10. The van der Waals surface area contributed by atoms with Crippen molar-refractivity contribution >= 4 is 50.6 Å². The SMILES string of the molecule is CN(Cc1cc(Br)cs1)C(=O)C1CCN(c2ncc(C(F)(F)F)cc2Cl)CC1. The van der Waals surface area contributed by atoms with Crippen LogP contribution in [0.4, 0.5) is 19.0 Å². The van der Waals surface area contributed by atoms with Crippen LogP contribution in [-0.2, 0) is 17.5 Å². The molecule has 1 aliphatic heterocycles. The second kappa shape index (κ2) is 8.59.